The molecule has 3 aromatic rings. The molecule has 0 aliphatic heterocycles. The molecule has 0 unspecified atom stereocenters. The van der Waals surface area contributed by atoms with Crippen molar-refractivity contribution in [3.8, 4) is 11.3 Å². The summed E-state index contributed by atoms with van der Waals surface area (Å²) in [5.74, 6) is -2.75. The second-order valence-electron chi connectivity index (χ2n) is 6.53. The second-order valence-corrected chi connectivity index (χ2v) is 6.93. The predicted molar refractivity (Wildman–Crippen MR) is 105 cm³/mol. The van der Waals surface area contributed by atoms with Crippen LogP contribution in [0.25, 0.3) is 11.3 Å². The van der Waals surface area contributed by atoms with Crippen molar-refractivity contribution in [1.29, 1.82) is 0 Å². The van der Waals surface area contributed by atoms with Crippen molar-refractivity contribution in [3.63, 3.8) is 0 Å². The van der Waals surface area contributed by atoms with E-state index in [1.165, 1.54) is 12.1 Å². The van der Waals surface area contributed by atoms with Crippen molar-refractivity contribution in [1.82, 2.24) is 0 Å². The van der Waals surface area contributed by atoms with Gasteiger partial charge in [-0.2, -0.15) is 26.3 Å². The molecule has 1 aromatic heterocycles. The number of ether oxygens (including phenoxy) is 1. The largest absolute Gasteiger partial charge is 0.450 e. The van der Waals surface area contributed by atoms with Crippen LogP contribution in [-0.2, 0) is 21.9 Å². The molecule has 12 heteroatoms. The Hall–Kier alpha value is -3.47. The fourth-order valence-electron chi connectivity index (χ4n) is 2.72. The molecule has 0 spiro atoms. The number of benzene rings is 2. The van der Waals surface area contributed by atoms with E-state index in [-0.39, 0.29) is 16.3 Å². The number of halogens is 7. The fraction of sp³-hybridized carbons (Fsp3) is 0.143. The number of amides is 1. The summed E-state index contributed by atoms with van der Waals surface area (Å²) in [7, 11) is 0. The number of carbonyl (C=O) groups is 2. The minimum absolute atomic E-state index is 0.0417. The molecule has 2 aromatic carbocycles. The van der Waals surface area contributed by atoms with Crippen LogP contribution in [0.3, 0.4) is 0 Å². The number of furan rings is 1. The lowest BCUT2D eigenvalue weighted by Crippen LogP contribution is -2.23. The molecule has 0 atom stereocenters. The zero-order valence-electron chi connectivity index (χ0n) is 16.2. The van der Waals surface area contributed by atoms with Gasteiger partial charge in [-0.25, -0.2) is 4.79 Å². The number of hydrogen-bond donors (Lipinski definition) is 1. The first-order valence-electron chi connectivity index (χ1n) is 8.96. The molecule has 5 nitrogen and oxygen atoms in total. The van der Waals surface area contributed by atoms with E-state index in [0.29, 0.717) is 6.07 Å². The Kier molecular flexibility index (Phi) is 6.73. The van der Waals surface area contributed by atoms with Gasteiger partial charge in [-0.1, -0.05) is 29.8 Å². The SMILES string of the molecule is O=C(COC(=O)c1ccc(-c2cccc(C(F)(F)F)c2)o1)Nc1c(Cl)cccc1C(F)(F)F. The van der Waals surface area contributed by atoms with Crippen molar-refractivity contribution in [2.24, 2.45) is 0 Å². The molecule has 33 heavy (non-hydrogen) atoms. The van der Waals surface area contributed by atoms with Gasteiger partial charge in [0.15, 0.2) is 6.61 Å². The number of anilines is 1. The molecule has 0 radical (unpaired) electrons. The smallest absolute Gasteiger partial charge is 0.418 e. The number of nitrogens with one attached hydrogen (secondary N) is 1. The van der Waals surface area contributed by atoms with E-state index in [1.54, 1.807) is 0 Å². The number of hydrogen-bond acceptors (Lipinski definition) is 4. The van der Waals surface area contributed by atoms with Crippen LogP contribution in [0.15, 0.2) is 59.0 Å². The maximum atomic E-state index is 13.1. The van der Waals surface area contributed by atoms with Crippen molar-refractivity contribution in [3.05, 3.63) is 76.5 Å². The lowest BCUT2D eigenvalue weighted by Gasteiger charge is -2.15. The Morgan fingerprint density at radius 2 is 1.64 bits per heavy atom. The zero-order valence-corrected chi connectivity index (χ0v) is 16.9. The average molecular weight is 492 g/mol. The van der Waals surface area contributed by atoms with E-state index >= 15 is 0 Å². The molecular weight excluding hydrogens is 480 g/mol. The van der Waals surface area contributed by atoms with E-state index in [2.05, 4.69) is 0 Å². The molecule has 0 bridgehead atoms. The Labute approximate surface area is 186 Å². The Morgan fingerprint density at radius 3 is 2.30 bits per heavy atom. The number of esters is 1. The molecule has 0 fully saturated rings. The lowest BCUT2D eigenvalue weighted by atomic mass is 10.1. The number of para-hydroxylation sites is 1. The Morgan fingerprint density at radius 1 is 0.939 bits per heavy atom. The number of alkyl halides is 6. The quantitative estimate of drug-likeness (QED) is 0.330. The maximum absolute atomic E-state index is 13.1. The Balaban J connectivity index is 1.66. The van der Waals surface area contributed by atoms with Crippen LogP contribution in [0.1, 0.15) is 21.7 Å². The summed E-state index contributed by atoms with van der Waals surface area (Å²) in [5, 5.41) is 1.56. The van der Waals surface area contributed by atoms with Gasteiger partial charge in [0.1, 0.15) is 5.76 Å². The van der Waals surface area contributed by atoms with Gasteiger partial charge in [0.05, 0.1) is 21.8 Å². The summed E-state index contributed by atoms with van der Waals surface area (Å²) in [4.78, 5) is 24.1. The molecule has 0 saturated carbocycles. The minimum atomic E-state index is -4.79. The summed E-state index contributed by atoms with van der Waals surface area (Å²) in [6.45, 7) is -0.971. The van der Waals surface area contributed by atoms with Crippen molar-refractivity contribution in [2.45, 2.75) is 12.4 Å². The van der Waals surface area contributed by atoms with Crippen LogP contribution in [0.4, 0.5) is 32.0 Å². The summed E-state index contributed by atoms with van der Waals surface area (Å²) in [6.07, 6.45) is -9.37. The lowest BCUT2D eigenvalue weighted by molar-refractivity contribution is -0.138. The van der Waals surface area contributed by atoms with Gasteiger partial charge >= 0.3 is 18.3 Å². The van der Waals surface area contributed by atoms with Crippen LogP contribution in [0.2, 0.25) is 5.02 Å². The van der Waals surface area contributed by atoms with Gasteiger partial charge in [-0.3, -0.25) is 4.79 Å². The van der Waals surface area contributed by atoms with Gasteiger partial charge < -0.3 is 14.5 Å². The Bertz CT molecular complexity index is 1190. The molecular formula is C21H12ClF6NO4. The van der Waals surface area contributed by atoms with E-state index in [4.69, 9.17) is 20.8 Å². The first-order valence-corrected chi connectivity index (χ1v) is 9.34. The molecule has 1 heterocycles. The van der Waals surface area contributed by atoms with Gasteiger partial charge in [0, 0.05) is 5.56 Å². The van der Waals surface area contributed by atoms with Crippen molar-refractivity contribution in [2.75, 3.05) is 11.9 Å². The molecule has 0 aliphatic carbocycles. The monoisotopic (exact) mass is 491 g/mol. The highest BCUT2D eigenvalue weighted by Crippen LogP contribution is 2.38. The molecule has 1 amide bonds. The van der Waals surface area contributed by atoms with Crippen molar-refractivity contribution < 1.29 is 45.1 Å². The van der Waals surface area contributed by atoms with Crippen molar-refractivity contribution >= 4 is 29.2 Å². The topological polar surface area (TPSA) is 68.5 Å². The van der Waals surface area contributed by atoms with Gasteiger partial charge in [-0.05, 0) is 36.4 Å². The van der Waals surface area contributed by atoms with E-state index < -0.39 is 53.4 Å². The van der Waals surface area contributed by atoms with E-state index in [1.807, 2.05) is 5.32 Å². The molecule has 0 saturated heterocycles. The summed E-state index contributed by atoms with van der Waals surface area (Å²) in [6, 6.07) is 9.43. The molecule has 1 N–H and O–H groups in total. The highest BCUT2D eigenvalue weighted by molar-refractivity contribution is 6.34. The van der Waals surface area contributed by atoms with E-state index in [0.717, 1.165) is 36.4 Å². The molecule has 174 valence electrons. The van der Waals surface area contributed by atoms with Crippen LogP contribution in [-0.4, -0.2) is 18.5 Å². The average Bonchev–Trinajstić information content (AvgIpc) is 3.22. The van der Waals surface area contributed by atoms with Crippen LogP contribution < -0.4 is 5.32 Å². The predicted octanol–water partition coefficient (Wildman–Crippen LogP) is 6.43. The second kappa shape index (κ2) is 9.18. The standard InChI is InChI=1S/C21H12ClF6NO4/c22-14-6-2-5-13(21(26,27)28)18(14)29-17(30)10-32-19(31)16-8-7-15(33-16)11-3-1-4-12(9-11)20(23,24)25/h1-9H,10H2,(H,29,30). The van der Waals surface area contributed by atoms with Crippen LogP contribution >= 0.6 is 11.6 Å². The fourth-order valence-corrected chi connectivity index (χ4v) is 2.94. The molecule has 0 aliphatic rings. The first-order chi connectivity index (χ1) is 15.4. The van der Waals surface area contributed by atoms with E-state index in [9.17, 15) is 35.9 Å². The normalized spacial score (nSPS) is 11.8. The first kappa shape index (κ1) is 24.2. The minimum Gasteiger partial charge on any atom is -0.450 e. The summed E-state index contributed by atoms with van der Waals surface area (Å²) in [5.41, 5.74) is -2.76. The van der Waals surface area contributed by atoms with Gasteiger partial charge in [-0.15, -0.1) is 0 Å². The zero-order chi connectivity index (χ0) is 24.4. The summed E-state index contributed by atoms with van der Waals surface area (Å²) < 4.78 is 87.7. The molecule has 3 rings (SSSR count). The highest BCUT2D eigenvalue weighted by Gasteiger charge is 2.35. The third-order valence-electron chi connectivity index (χ3n) is 4.20. The third kappa shape index (κ3) is 5.86. The number of rotatable bonds is 5. The van der Waals surface area contributed by atoms with Crippen LogP contribution in [0, 0.1) is 0 Å². The maximum Gasteiger partial charge on any atom is 0.418 e. The third-order valence-corrected chi connectivity index (χ3v) is 4.51. The number of carbonyl (C=O) groups excluding carboxylic acids is 2. The van der Waals surface area contributed by atoms with Gasteiger partial charge in [0.2, 0.25) is 5.76 Å². The highest BCUT2D eigenvalue weighted by atomic mass is 35.5. The van der Waals surface area contributed by atoms with Crippen LogP contribution in [0.5, 0.6) is 0 Å². The summed E-state index contributed by atoms with van der Waals surface area (Å²) >= 11 is 5.73. The van der Waals surface area contributed by atoms with Gasteiger partial charge in [0.25, 0.3) is 5.91 Å².